The third-order valence-corrected chi connectivity index (χ3v) is 2.44. The third-order valence-electron chi connectivity index (χ3n) is 2.44. The van der Waals surface area contributed by atoms with Crippen molar-refractivity contribution < 1.29 is 4.74 Å². The SMILES string of the molecule is COCc1ccc(C2C=CC=CN2)cc1. The van der Waals surface area contributed by atoms with Crippen LogP contribution in [0.4, 0.5) is 0 Å². The molecule has 1 heterocycles. The first-order valence-electron chi connectivity index (χ1n) is 5.07. The fourth-order valence-corrected chi connectivity index (χ4v) is 1.64. The highest BCUT2D eigenvalue weighted by Crippen LogP contribution is 2.17. The van der Waals surface area contributed by atoms with Crippen LogP contribution in [-0.2, 0) is 11.3 Å². The second-order valence-electron chi connectivity index (χ2n) is 3.56. The van der Waals surface area contributed by atoms with Crippen LogP contribution in [0.1, 0.15) is 17.2 Å². The van der Waals surface area contributed by atoms with Crippen molar-refractivity contribution in [2.24, 2.45) is 0 Å². The zero-order valence-electron chi connectivity index (χ0n) is 8.81. The van der Waals surface area contributed by atoms with Gasteiger partial charge < -0.3 is 10.1 Å². The number of benzene rings is 1. The van der Waals surface area contributed by atoms with Crippen LogP contribution in [0.3, 0.4) is 0 Å². The maximum absolute atomic E-state index is 5.07. The summed E-state index contributed by atoms with van der Waals surface area (Å²) in [6, 6.07) is 8.77. The van der Waals surface area contributed by atoms with Crippen molar-refractivity contribution in [1.29, 1.82) is 0 Å². The zero-order valence-corrected chi connectivity index (χ0v) is 8.81. The van der Waals surface area contributed by atoms with Crippen molar-refractivity contribution in [3.05, 3.63) is 59.8 Å². The molecule has 0 bridgehead atoms. The minimum Gasteiger partial charge on any atom is -0.381 e. The van der Waals surface area contributed by atoms with Crippen LogP contribution in [0.5, 0.6) is 0 Å². The van der Waals surface area contributed by atoms with E-state index in [-0.39, 0.29) is 0 Å². The quantitative estimate of drug-likeness (QED) is 0.811. The summed E-state index contributed by atoms with van der Waals surface area (Å²) in [6.07, 6.45) is 8.17. The maximum Gasteiger partial charge on any atom is 0.0713 e. The molecule has 0 spiro atoms. The summed E-state index contributed by atoms with van der Waals surface area (Å²) in [5.41, 5.74) is 2.48. The first-order chi connectivity index (χ1) is 7.40. The van der Waals surface area contributed by atoms with Crippen molar-refractivity contribution in [1.82, 2.24) is 5.32 Å². The standard InChI is InChI=1S/C13H15NO/c1-15-10-11-5-7-12(8-6-11)13-4-2-3-9-14-13/h2-9,13-14H,10H2,1H3. The molecule has 2 nitrogen and oxygen atoms in total. The van der Waals surface area contributed by atoms with Gasteiger partial charge in [-0.2, -0.15) is 0 Å². The Morgan fingerprint density at radius 2 is 2.00 bits per heavy atom. The van der Waals surface area contributed by atoms with Gasteiger partial charge in [0.2, 0.25) is 0 Å². The molecular weight excluding hydrogens is 186 g/mol. The molecule has 78 valence electrons. The summed E-state index contributed by atoms with van der Waals surface area (Å²) >= 11 is 0. The first-order valence-corrected chi connectivity index (χ1v) is 5.07. The normalized spacial score (nSPS) is 18.9. The van der Waals surface area contributed by atoms with Crippen molar-refractivity contribution in [3.63, 3.8) is 0 Å². The lowest BCUT2D eigenvalue weighted by Gasteiger charge is -2.16. The molecule has 1 N–H and O–H groups in total. The molecule has 1 unspecified atom stereocenters. The number of allylic oxidation sites excluding steroid dienone is 2. The van der Waals surface area contributed by atoms with Crippen LogP contribution < -0.4 is 5.32 Å². The van der Waals surface area contributed by atoms with Crippen LogP contribution in [0.25, 0.3) is 0 Å². The predicted molar refractivity (Wildman–Crippen MR) is 61.3 cm³/mol. The zero-order chi connectivity index (χ0) is 10.5. The van der Waals surface area contributed by atoms with Gasteiger partial charge in [-0.1, -0.05) is 36.4 Å². The summed E-state index contributed by atoms with van der Waals surface area (Å²) in [7, 11) is 1.71. The van der Waals surface area contributed by atoms with E-state index in [9.17, 15) is 0 Å². The van der Waals surface area contributed by atoms with E-state index in [1.54, 1.807) is 7.11 Å². The van der Waals surface area contributed by atoms with Gasteiger partial charge in [0.1, 0.15) is 0 Å². The van der Waals surface area contributed by atoms with E-state index in [4.69, 9.17) is 4.74 Å². The van der Waals surface area contributed by atoms with Crippen LogP contribution in [0, 0.1) is 0 Å². The molecule has 2 rings (SSSR count). The number of nitrogens with one attached hydrogen (secondary N) is 1. The van der Waals surface area contributed by atoms with Gasteiger partial charge in [0.05, 0.1) is 12.6 Å². The summed E-state index contributed by atoms with van der Waals surface area (Å²) in [6.45, 7) is 0.675. The fourth-order valence-electron chi connectivity index (χ4n) is 1.64. The largest absolute Gasteiger partial charge is 0.381 e. The number of rotatable bonds is 3. The maximum atomic E-state index is 5.07. The van der Waals surface area contributed by atoms with Gasteiger partial charge in [0.25, 0.3) is 0 Å². The minimum atomic E-state index is 0.298. The van der Waals surface area contributed by atoms with Crippen LogP contribution >= 0.6 is 0 Å². The molecule has 1 aromatic carbocycles. The van der Waals surface area contributed by atoms with E-state index in [2.05, 4.69) is 41.7 Å². The van der Waals surface area contributed by atoms with Gasteiger partial charge in [-0.05, 0) is 23.4 Å². The molecule has 1 atom stereocenters. The first kappa shape index (κ1) is 9.99. The Balaban J connectivity index is 2.09. The Morgan fingerprint density at radius 1 is 1.20 bits per heavy atom. The average Bonchev–Trinajstić information content (AvgIpc) is 2.32. The molecule has 0 aliphatic carbocycles. The van der Waals surface area contributed by atoms with Gasteiger partial charge in [-0.15, -0.1) is 0 Å². The lowest BCUT2D eigenvalue weighted by atomic mass is 10.0. The van der Waals surface area contributed by atoms with Gasteiger partial charge in [-0.25, -0.2) is 0 Å². The molecule has 0 saturated heterocycles. The molecule has 1 aromatic rings. The van der Waals surface area contributed by atoms with E-state index in [1.807, 2.05) is 12.3 Å². The lowest BCUT2D eigenvalue weighted by Crippen LogP contribution is -2.14. The van der Waals surface area contributed by atoms with Gasteiger partial charge in [0.15, 0.2) is 0 Å². The van der Waals surface area contributed by atoms with Gasteiger partial charge >= 0.3 is 0 Å². The van der Waals surface area contributed by atoms with Crippen LogP contribution in [0.15, 0.2) is 48.7 Å². The van der Waals surface area contributed by atoms with Crippen LogP contribution in [0.2, 0.25) is 0 Å². The lowest BCUT2D eigenvalue weighted by molar-refractivity contribution is 0.185. The molecule has 1 aliphatic heterocycles. The van der Waals surface area contributed by atoms with E-state index in [1.165, 1.54) is 11.1 Å². The second-order valence-corrected chi connectivity index (χ2v) is 3.56. The molecule has 0 saturated carbocycles. The van der Waals surface area contributed by atoms with Crippen molar-refractivity contribution >= 4 is 0 Å². The number of methoxy groups -OCH3 is 1. The summed E-state index contributed by atoms with van der Waals surface area (Å²) in [5, 5.41) is 3.29. The van der Waals surface area contributed by atoms with E-state index in [0.717, 1.165) is 0 Å². The highest BCUT2D eigenvalue weighted by atomic mass is 16.5. The Hall–Kier alpha value is -1.54. The smallest absolute Gasteiger partial charge is 0.0713 e. The molecular formula is C13H15NO. The monoisotopic (exact) mass is 201 g/mol. The van der Waals surface area contributed by atoms with E-state index in [0.29, 0.717) is 12.6 Å². The second kappa shape index (κ2) is 4.80. The number of ether oxygens (including phenoxy) is 1. The van der Waals surface area contributed by atoms with E-state index < -0.39 is 0 Å². The Morgan fingerprint density at radius 3 is 2.60 bits per heavy atom. The van der Waals surface area contributed by atoms with E-state index >= 15 is 0 Å². The molecule has 0 fully saturated rings. The Labute approximate surface area is 90.3 Å². The number of dihydropyridines is 1. The van der Waals surface area contributed by atoms with Crippen molar-refractivity contribution in [2.45, 2.75) is 12.6 Å². The Bertz CT molecular complexity index is 365. The number of hydrogen-bond donors (Lipinski definition) is 1. The molecule has 0 radical (unpaired) electrons. The Kier molecular flexibility index (Phi) is 3.20. The molecule has 0 aromatic heterocycles. The highest BCUT2D eigenvalue weighted by Gasteiger charge is 2.06. The summed E-state index contributed by atoms with van der Waals surface area (Å²) in [5.74, 6) is 0. The van der Waals surface area contributed by atoms with Crippen molar-refractivity contribution in [3.8, 4) is 0 Å². The molecule has 1 aliphatic rings. The predicted octanol–water partition coefficient (Wildman–Crippen LogP) is 2.55. The van der Waals surface area contributed by atoms with Gasteiger partial charge in [-0.3, -0.25) is 0 Å². The van der Waals surface area contributed by atoms with Crippen LogP contribution in [-0.4, -0.2) is 7.11 Å². The summed E-state index contributed by atoms with van der Waals surface area (Å²) in [4.78, 5) is 0. The fraction of sp³-hybridized carbons (Fsp3) is 0.231. The molecule has 2 heteroatoms. The molecule has 15 heavy (non-hydrogen) atoms. The molecule has 0 amide bonds. The van der Waals surface area contributed by atoms with Gasteiger partial charge in [0, 0.05) is 7.11 Å². The highest BCUT2D eigenvalue weighted by molar-refractivity contribution is 5.30. The van der Waals surface area contributed by atoms with Crippen molar-refractivity contribution in [2.75, 3.05) is 7.11 Å². The number of hydrogen-bond acceptors (Lipinski definition) is 2. The topological polar surface area (TPSA) is 21.3 Å². The third kappa shape index (κ3) is 2.48. The average molecular weight is 201 g/mol. The summed E-state index contributed by atoms with van der Waals surface area (Å²) < 4.78 is 5.07. The minimum absolute atomic E-state index is 0.298.